The third-order valence-electron chi connectivity index (χ3n) is 3.76. The molecule has 0 saturated heterocycles. The number of aromatic amines is 1. The van der Waals surface area contributed by atoms with Crippen LogP contribution in [0.3, 0.4) is 0 Å². The molecule has 0 saturated carbocycles. The second kappa shape index (κ2) is 7.99. The highest BCUT2D eigenvalue weighted by Crippen LogP contribution is 2.33. The molecule has 28 heavy (non-hydrogen) atoms. The van der Waals surface area contributed by atoms with Gasteiger partial charge in [-0.05, 0) is 30.3 Å². The fraction of sp³-hybridized carbons (Fsp3) is 0.118. The molecule has 0 aliphatic heterocycles. The maximum Gasteiger partial charge on any atom is 0.387 e. The van der Waals surface area contributed by atoms with Crippen molar-refractivity contribution in [2.75, 3.05) is 0 Å². The van der Waals surface area contributed by atoms with Crippen molar-refractivity contribution in [1.29, 1.82) is 0 Å². The van der Waals surface area contributed by atoms with Gasteiger partial charge in [0.25, 0.3) is 5.91 Å². The summed E-state index contributed by atoms with van der Waals surface area (Å²) in [6.07, 6.45) is 0. The highest BCUT2D eigenvalue weighted by atomic mass is 35.5. The number of aromatic nitrogens is 2. The van der Waals surface area contributed by atoms with E-state index in [1.807, 2.05) is 0 Å². The van der Waals surface area contributed by atoms with Gasteiger partial charge < -0.3 is 15.2 Å². The normalized spacial score (nSPS) is 11.0. The minimum Gasteiger partial charge on any atom is -0.476 e. The molecule has 146 valence electrons. The quantitative estimate of drug-likeness (QED) is 0.547. The summed E-state index contributed by atoms with van der Waals surface area (Å²) < 4.78 is 29.6. The Hall–Kier alpha value is -2.91. The molecule has 0 spiro atoms. The second-order valence-corrected chi connectivity index (χ2v) is 6.42. The van der Waals surface area contributed by atoms with Gasteiger partial charge in [-0.3, -0.25) is 9.89 Å². The number of hydrogen-bond acceptors (Lipinski definition) is 4. The summed E-state index contributed by atoms with van der Waals surface area (Å²) in [5.74, 6) is -2.11. The van der Waals surface area contributed by atoms with Crippen LogP contribution in [0.15, 0.2) is 30.3 Å². The van der Waals surface area contributed by atoms with Gasteiger partial charge in [0.05, 0.1) is 10.5 Å². The molecule has 0 radical (unpaired) electrons. The zero-order chi connectivity index (χ0) is 20.4. The van der Waals surface area contributed by atoms with Crippen LogP contribution in [0.5, 0.6) is 5.75 Å². The molecule has 0 aliphatic rings. The van der Waals surface area contributed by atoms with Crippen LogP contribution in [-0.2, 0) is 6.54 Å². The molecule has 0 bridgehead atoms. The number of alkyl halides is 2. The molecule has 2 aromatic carbocycles. The molecular formula is C17H11Cl2F2N3O4. The average molecular weight is 430 g/mol. The number of nitrogens with zero attached hydrogens (tertiary/aromatic N) is 1. The van der Waals surface area contributed by atoms with Gasteiger partial charge in [0, 0.05) is 28.1 Å². The van der Waals surface area contributed by atoms with Crippen LogP contribution in [0.1, 0.15) is 26.4 Å². The second-order valence-electron chi connectivity index (χ2n) is 5.57. The Morgan fingerprint density at radius 2 is 2.00 bits per heavy atom. The van der Waals surface area contributed by atoms with Crippen LogP contribution in [0.25, 0.3) is 10.9 Å². The predicted molar refractivity (Wildman–Crippen MR) is 97.3 cm³/mol. The number of carbonyl (C=O) groups is 2. The molecule has 0 fully saturated rings. The van der Waals surface area contributed by atoms with Gasteiger partial charge in [0.15, 0.2) is 5.69 Å². The van der Waals surface area contributed by atoms with Gasteiger partial charge in [0.2, 0.25) is 0 Å². The lowest BCUT2D eigenvalue weighted by Crippen LogP contribution is -2.23. The van der Waals surface area contributed by atoms with Crippen molar-refractivity contribution in [3.63, 3.8) is 0 Å². The van der Waals surface area contributed by atoms with Gasteiger partial charge in [-0.15, -0.1) is 0 Å². The number of rotatable bonds is 6. The number of aromatic carboxylic acids is 1. The number of halogens is 4. The lowest BCUT2D eigenvalue weighted by atomic mass is 10.1. The van der Waals surface area contributed by atoms with Gasteiger partial charge in [-0.2, -0.15) is 13.9 Å². The van der Waals surface area contributed by atoms with Crippen LogP contribution in [-0.4, -0.2) is 33.8 Å². The van der Waals surface area contributed by atoms with E-state index in [0.29, 0.717) is 5.52 Å². The van der Waals surface area contributed by atoms with E-state index in [2.05, 4.69) is 20.3 Å². The molecule has 0 unspecified atom stereocenters. The van der Waals surface area contributed by atoms with E-state index in [-0.39, 0.29) is 44.5 Å². The molecular weight excluding hydrogens is 419 g/mol. The van der Waals surface area contributed by atoms with Crippen LogP contribution in [0.2, 0.25) is 10.0 Å². The first kappa shape index (κ1) is 19.8. The molecule has 3 rings (SSSR count). The molecule has 1 heterocycles. The molecule has 0 aliphatic carbocycles. The van der Waals surface area contributed by atoms with E-state index < -0.39 is 18.5 Å². The van der Waals surface area contributed by atoms with Crippen molar-refractivity contribution in [3.8, 4) is 5.75 Å². The molecule has 1 aromatic heterocycles. The molecule has 7 nitrogen and oxygen atoms in total. The summed E-state index contributed by atoms with van der Waals surface area (Å²) in [4.78, 5) is 23.6. The minimum atomic E-state index is -3.11. The van der Waals surface area contributed by atoms with Crippen molar-refractivity contribution < 1.29 is 28.2 Å². The Labute approximate surface area is 166 Å². The number of nitrogens with one attached hydrogen (secondary N) is 2. The zero-order valence-corrected chi connectivity index (χ0v) is 15.3. The van der Waals surface area contributed by atoms with E-state index >= 15 is 0 Å². The Bertz CT molecular complexity index is 1070. The van der Waals surface area contributed by atoms with E-state index in [4.69, 9.17) is 28.3 Å². The predicted octanol–water partition coefficient (Wildman–Crippen LogP) is 4.10. The zero-order valence-electron chi connectivity index (χ0n) is 13.8. The van der Waals surface area contributed by atoms with Crippen molar-refractivity contribution in [2.45, 2.75) is 13.2 Å². The molecule has 11 heteroatoms. The molecule has 3 aromatic rings. The van der Waals surface area contributed by atoms with E-state index in [1.54, 1.807) is 0 Å². The van der Waals surface area contributed by atoms with Crippen molar-refractivity contribution in [2.24, 2.45) is 0 Å². The number of benzene rings is 2. The summed E-state index contributed by atoms with van der Waals surface area (Å²) in [7, 11) is 0. The smallest absolute Gasteiger partial charge is 0.387 e. The highest BCUT2D eigenvalue weighted by Gasteiger charge is 2.18. The number of ether oxygens (including phenoxy) is 1. The minimum absolute atomic E-state index is 0.122. The summed E-state index contributed by atoms with van der Waals surface area (Å²) in [5, 5.41) is 18.2. The topological polar surface area (TPSA) is 104 Å². The molecule has 0 atom stereocenters. The van der Waals surface area contributed by atoms with E-state index in [1.165, 1.54) is 30.3 Å². The lowest BCUT2D eigenvalue weighted by molar-refractivity contribution is -0.0504. The monoisotopic (exact) mass is 429 g/mol. The Kier molecular flexibility index (Phi) is 5.66. The number of fused-ring (bicyclic) bond motifs is 1. The van der Waals surface area contributed by atoms with Crippen LogP contribution < -0.4 is 10.1 Å². The Morgan fingerprint density at radius 1 is 1.25 bits per heavy atom. The SMILES string of the molecule is O=C(NCc1cc(Cl)cc(Cl)c1OC(F)F)c1ccc2[nH]nc(C(=O)O)c2c1. The largest absolute Gasteiger partial charge is 0.476 e. The summed E-state index contributed by atoms with van der Waals surface area (Å²) in [5.41, 5.74) is 0.532. The fourth-order valence-corrected chi connectivity index (χ4v) is 3.14. The highest BCUT2D eigenvalue weighted by molar-refractivity contribution is 6.35. The van der Waals surface area contributed by atoms with E-state index in [0.717, 1.165) is 0 Å². The maximum absolute atomic E-state index is 12.6. The van der Waals surface area contributed by atoms with Gasteiger partial charge >= 0.3 is 12.6 Å². The number of amides is 1. The lowest BCUT2D eigenvalue weighted by Gasteiger charge is -2.14. The molecule has 3 N–H and O–H groups in total. The third-order valence-corrected chi connectivity index (χ3v) is 4.26. The Balaban J connectivity index is 1.84. The number of H-pyrrole nitrogens is 1. The fourth-order valence-electron chi connectivity index (χ4n) is 2.56. The van der Waals surface area contributed by atoms with Crippen molar-refractivity contribution >= 4 is 46.0 Å². The molecule has 1 amide bonds. The first-order valence-corrected chi connectivity index (χ1v) is 8.44. The summed E-state index contributed by atoms with van der Waals surface area (Å²) in [6.45, 7) is -3.30. The van der Waals surface area contributed by atoms with Gasteiger partial charge in [-0.1, -0.05) is 23.2 Å². The van der Waals surface area contributed by atoms with Crippen molar-refractivity contribution in [3.05, 3.63) is 57.2 Å². The first-order valence-electron chi connectivity index (χ1n) is 7.68. The number of carbonyl (C=O) groups excluding carboxylic acids is 1. The Morgan fingerprint density at radius 3 is 2.68 bits per heavy atom. The number of hydrogen-bond donors (Lipinski definition) is 3. The van der Waals surface area contributed by atoms with E-state index in [9.17, 15) is 18.4 Å². The number of carboxylic acid groups (broad SMARTS) is 1. The number of carboxylic acids is 1. The third kappa shape index (κ3) is 4.15. The summed E-state index contributed by atoms with van der Waals surface area (Å²) >= 11 is 11.8. The summed E-state index contributed by atoms with van der Waals surface area (Å²) in [6, 6.07) is 6.91. The first-order chi connectivity index (χ1) is 13.3. The standard InChI is InChI=1S/C17H11Cl2F2N3O4/c18-9-3-8(14(11(19)5-9)28-17(20)21)6-22-15(25)7-1-2-12-10(4-7)13(16(26)27)24-23-12/h1-5,17H,6H2,(H,22,25)(H,23,24)(H,26,27). The van der Waals surface area contributed by atoms with Crippen LogP contribution >= 0.6 is 23.2 Å². The van der Waals surface area contributed by atoms with Crippen LogP contribution in [0, 0.1) is 0 Å². The van der Waals surface area contributed by atoms with Crippen molar-refractivity contribution in [1.82, 2.24) is 15.5 Å². The maximum atomic E-state index is 12.6. The van der Waals surface area contributed by atoms with Gasteiger partial charge in [0.1, 0.15) is 5.75 Å². The van der Waals surface area contributed by atoms with Gasteiger partial charge in [-0.25, -0.2) is 4.79 Å². The van der Waals surface area contributed by atoms with Crippen LogP contribution in [0.4, 0.5) is 8.78 Å². The average Bonchev–Trinajstić information content (AvgIpc) is 3.05.